The number of benzene rings is 2. The number of H-pyrrole nitrogens is 1. The van der Waals surface area contributed by atoms with Crippen molar-refractivity contribution in [3.05, 3.63) is 83.9 Å². The van der Waals surface area contributed by atoms with Crippen LogP contribution in [0.25, 0.3) is 33.7 Å². The van der Waals surface area contributed by atoms with Crippen LogP contribution in [0.5, 0.6) is 5.75 Å². The quantitative estimate of drug-likeness (QED) is 0.247. The molecule has 0 radical (unpaired) electrons. The predicted octanol–water partition coefficient (Wildman–Crippen LogP) is 6.27. The number of carbonyl (C=O) groups is 1. The Morgan fingerprint density at radius 3 is 2.71 bits per heavy atom. The third-order valence-electron chi connectivity index (χ3n) is 6.62. The Balaban J connectivity index is 1.18. The van der Waals surface area contributed by atoms with Crippen molar-refractivity contribution in [3.8, 4) is 28.3 Å². The number of rotatable bonds is 8. The van der Waals surface area contributed by atoms with Crippen LogP contribution in [0.3, 0.4) is 0 Å². The fourth-order valence-electron chi connectivity index (χ4n) is 4.61. The fraction of sp³-hybridized carbons (Fsp3) is 0.207. The summed E-state index contributed by atoms with van der Waals surface area (Å²) >= 11 is 6.48. The highest BCUT2D eigenvalue weighted by atomic mass is 35.5. The molecule has 8 nitrogen and oxygen atoms in total. The molecule has 0 bridgehead atoms. The zero-order valence-electron chi connectivity index (χ0n) is 20.6. The topological polar surface area (TPSA) is 96.3 Å². The molecule has 1 saturated heterocycles. The summed E-state index contributed by atoms with van der Waals surface area (Å²) in [6, 6.07) is 18.5. The number of pyridine rings is 1. The first-order chi connectivity index (χ1) is 18.6. The molecule has 2 N–H and O–H groups in total. The molecule has 0 atom stereocenters. The summed E-state index contributed by atoms with van der Waals surface area (Å²) < 4.78 is 11.1. The second kappa shape index (κ2) is 10.7. The second-order valence-electron chi connectivity index (χ2n) is 9.23. The van der Waals surface area contributed by atoms with Gasteiger partial charge in [0.2, 0.25) is 0 Å². The number of hydrogen-bond acceptors (Lipinski definition) is 6. The van der Waals surface area contributed by atoms with Gasteiger partial charge in [-0.05, 0) is 80.0 Å². The van der Waals surface area contributed by atoms with E-state index >= 15 is 0 Å². The Bertz CT molecular complexity index is 1560. The van der Waals surface area contributed by atoms with Gasteiger partial charge in [0.1, 0.15) is 18.2 Å². The number of hydrogen-bond donors (Lipinski definition) is 2. The Kier molecular flexibility index (Phi) is 6.81. The summed E-state index contributed by atoms with van der Waals surface area (Å²) in [6.07, 6.45) is 5.83. The number of carbonyl (C=O) groups excluding carboxylic acids is 1. The number of nitrogens with one attached hydrogen (secondary N) is 2. The van der Waals surface area contributed by atoms with Crippen LogP contribution in [0, 0.1) is 0 Å². The van der Waals surface area contributed by atoms with E-state index < -0.39 is 0 Å². The van der Waals surface area contributed by atoms with E-state index in [1.54, 1.807) is 36.5 Å². The summed E-state index contributed by atoms with van der Waals surface area (Å²) in [5.41, 5.74) is 4.57. The van der Waals surface area contributed by atoms with Crippen molar-refractivity contribution in [2.45, 2.75) is 12.8 Å². The van der Waals surface area contributed by atoms with Gasteiger partial charge >= 0.3 is 0 Å². The average molecular weight is 528 g/mol. The van der Waals surface area contributed by atoms with Gasteiger partial charge in [-0.3, -0.25) is 9.69 Å². The first-order valence-electron chi connectivity index (χ1n) is 12.6. The summed E-state index contributed by atoms with van der Waals surface area (Å²) in [5.74, 6) is 1.30. The number of fused-ring (bicyclic) bond motifs is 1. The molecule has 3 aromatic heterocycles. The highest BCUT2D eigenvalue weighted by Crippen LogP contribution is 2.31. The molecule has 0 unspecified atom stereocenters. The Morgan fingerprint density at radius 2 is 1.92 bits per heavy atom. The van der Waals surface area contributed by atoms with E-state index in [-0.39, 0.29) is 11.7 Å². The van der Waals surface area contributed by atoms with Crippen molar-refractivity contribution in [3.63, 3.8) is 0 Å². The van der Waals surface area contributed by atoms with E-state index in [4.69, 9.17) is 20.8 Å². The number of imidazole rings is 1. The largest absolute Gasteiger partial charge is 0.492 e. The van der Waals surface area contributed by atoms with E-state index in [1.807, 2.05) is 30.3 Å². The summed E-state index contributed by atoms with van der Waals surface area (Å²) in [4.78, 5) is 27.3. The van der Waals surface area contributed by atoms with Gasteiger partial charge in [0.25, 0.3) is 5.91 Å². The molecule has 0 saturated carbocycles. The molecule has 0 aliphatic carbocycles. The average Bonchev–Trinajstić information content (AvgIpc) is 3.72. The third-order valence-corrected chi connectivity index (χ3v) is 6.95. The molecule has 1 aliphatic rings. The summed E-state index contributed by atoms with van der Waals surface area (Å²) in [5, 5.41) is 3.32. The van der Waals surface area contributed by atoms with Crippen molar-refractivity contribution in [1.82, 2.24) is 19.9 Å². The van der Waals surface area contributed by atoms with Gasteiger partial charge in [0.05, 0.1) is 16.8 Å². The fourth-order valence-corrected chi connectivity index (χ4v) is 4.82. The number of aromatic amines is 1. The Labute approximate surface area is 224 Å². The molecule has 2 aromatic carbocycles. The highest BCUT2D eigenvalue weighted by Gasteiger charge is 2.15. The maximum Gasteiger partial charge on any atom is 0.291 e. The summed E-state index contributed by atoms with van der Waals surface area (Å²) in [7, 11) is 0. The third kappa shape index (κ3) is 5.27. The van der Waals surface area contributed by atoms with Gasteiger partial charge in [-0.1, -0.05) is 23.7 Å². The van der Waals surface area contributed by atoms with Gasteiger partial charge in [0.15, 0.2) is 11.4 Å². The smallest absolute Gasteiger partial charge is 0.291 e. The minimum Gasteiger partial charge on any atom is -0.492 e. The molecule has 6 rings (SSSR count). The monoisotopic (exact) mass is 527 g/mol. The molecule has 1 fully saturated rings. The number of furan rings is 1. The van der Waals surface area contributed by atoms with Gasteiger partial charge in [-0.2, -0.15) is 0 Å². The van der Waals surface area contributed by atoms with Gasteiger partial charge in [0, 0.05) is 29.6 Å². The van der Waals surface area contributed by atoms with E-state index in [2.05, 4.69) is 25.2 Å². The first kappa shape index (κ1) is 24.2. The minimum atomic E-state index is -0.345. The molecule has 0 spiro atoms. The molecule has 38 heavy (non-hydrogen) atoms. The number of amides is 1. The van der Waals surface area contributed by atoms with Crippen molar-refractivity contribution in [2.75, 3.05) is 31.6 Å². The highest BCUT2D eigenvalue weighted by molar-refractivity contribution is 6.33. The molecule has 192 valence electrons. The molecule has 9 heteroatoms. The molecular formula is C29H26ClN5O3. The lowest BCUT2D eigenvalue weighted by molar-refractivity contribution is 0.0996. The van der Waals surface area contributed by atoms with Crippen LogP contribution in [0.1, 0.15) is 23.4 Å². The van der Waals surface area contributed by atoms with Crippen molar-refractivity contribution >= 4 is 34.4 Å². The number of ether oxygens (including phenoxy) is 1. The summed E-state index contributed by atoms with van der Waals surface area (Å²) in [6.45, 7) is 4.01. The van der Waals surface area contributed by atoms with Crippen molar-refractivity contribution in [1.29, 1.82) is 0 Å². The van der Waals surface area contributed by atoms with Crippen LogP contribution < -0.4 is 10.1 Å². The molecule has 1 aliphatic heterocycles. The van der Waals surface area contributed by atoms with Gasteiger partial charge in [-0.15, -0.1) is 0 Å². The van der Waals surface area contributed by atoms with Crippen molar-refractivity contribution < 1.29 is 13.9 Å². The SMILES string of the molecule is O=C(Nc1ccc(Cl)c(-c2nc3ncc(-c4ccc(OCCN5CCCC5)cc4)cc3[nH]2)c1)c1ccco1. The Morgan fingerprint density at radius 1 is 1.08 bits per heavy atom. The van der Waals surface area contributed by atoms with Crippen LogP contribution >= 0.6 is 11.6 Å². The maximum atomic E-state index is 12.4. The standard InChI is InChI=1S/C29H26ClN5O3/c30-24-10-7-21(32-29(36)26-4-3-14-38-26)17-23(24)27-33-25-16-20(18-31-28(25)34-27)19-5-8-22(9-6-19)37-15-13-35-11-1-2-12-35/h3-10,14,16-18H,1-2,11-13,15H2,(H,32,36)(H,31,33,34). The minimum absolute atomic E-state index is 0.226. The Hall–Kier alpha value is -4.14. The number of nitrogens with zero attached hydrogens (tertiary/aromatic N) is 3. The predicted molar refractivity (Wildman–Crippen MR) is 148 cm³/mol. The molecule has 4 heterocycles. The van der Waals surface area contributed by atoms with E-state index in [9.17, 15) is 4.79 Å². The zero-order valence-corrected chi connectivity index (χ0v) is 21.4. The molecule has 1 amide bonds. The van der Waals surface area contributed by atoms with Gasteiger partial charge < -0.3 is 19.5 Å². The van der Waals surface area contributed by atoms with E-state index in [1.165, 1.54) is 32.2 Å². The number of anilines is 1. The molecular weight excluding hydrogens is 502 g/mol. The zero-order chi connectivity index (χ0) is 25.9. The van der Waals surface area contributed by atoms with Crippen molar-refractivity contribution in [2.24, 2.45) is 0 Å². The number of likely N-dealkylation sites (tertiary alicyclic amines) is 1. The van der Waals surface area contributed by atoms with Crippen LogP contribution in [-0.4, -0.2) is 52.0 Å². The first-order valence-corrected chi connectivity index (χ1v) is 13.0. The second-order valence-corrected chi connectivity index (χ2v) is 9.64. The lowest BCUT2D eigenvalue weighted by atomic mass is 10.1. The number of halogens is 1. The van der Waals surface area contributed by atoms with E-state index in [0.29, 0.717) is 34.4 Å². The normalized spacial score (nSPS) is 13.7. The van der Waals surface area contributed by atoms with Crippen LogP contribution in [-0.2, 0) is 0 Å². The van der Waals surface area contributed by atoms with Gasteiger partial charge in [-0.25, -0.2) is 9.97 Å². The van der Waals surface area contributed by atoms with Crippen LogP contribution in [0.4, 0.5) is 5.69 Å². The van der Waals surface area contributed by atoms with Crippen LogP contribution in [0.2, 0.25) is 5.02 Å². The molecule has 5 aromatic rings. The number of aromatic nitrogens is 3. The maximum absolute atomic E-state index is 12.4. The van der Waals surface area contributed by atoms with E-state index in [0.717, 1.165) is 28.9 Å². The van der Waals surface area contributed by atoms with Crippen LogP contribution in [0.15, 0.2) is 77.5 Å². The lowest BCUT2D eigenvalue weighted by Gasteiger charge is -2.15. The lowest BCUT2D eigenvalue weighted by Crippen LogP contribution is -2.25.